The Morgan fingerprint density at radius 1 is 1.61 bits per heavy atom. The van der Waals surface area contributed by atoms with Gasteiger partial charge in [-0.2, -0.15) is 0 Å². The maximum absolute atomic E-state index is 11.4. The van der Waals surface area contributed by atoms with Crippen LogP contribution in [0, 0.1) is 0 Å². The highest BCUT2D eigenvalue weighted by molar-refractivity contribution is 5.84. The lowest BCUT2D eigenvalue weighted by molar-refractivity contribution is -0.119. The molecule has 3 N–H and O–H groups in total. The molecule has 0 aromatic carbocycles. The number of pyridine rings is 1. The van der Waals surface area contributed by atoms with Crippen molar-refractivity contribution in [2.24, 2.45) is 5.73 Å². The predicted octanol–water partition coefficient (Wildman–Crippen LogP) is 1.36. The summed E-state index contributed by atoms with van der Waals surface area (Å²) in [5, 5.41) is 3.30. The Kier molecular flexibility index (Phi) is 4.02. The average Bonchev–Trinajstić information content (AvgIpc) is 2.86. The van der Waals surface area contributed by atoms with E-state index in [1.807, 2.05) is 11.0 Å². The Labute approximate surface area is 107 Å². The average molecular weight is 248 g/mol. The third kappa shape index (κ3) is 2.72. The number of rotatable bonds is 5. The lowest BCUT2D eigenvalue weighted by Crippen LogP contribution is -2.40. The molecule has 5 heteroatoms. The van der Waals surface area contributed by atoms with Gasteiger partial charge in [-0.15, -0.1) is 0 Å². The number of aromatic nitrogens is 1. The van der Waals surface area contributed by atoms with Crippen LogP contribution in [0.4, 0.5) is 11.4 Å². The van der Waals surface area contributed by atoms with Crippen molar-refractivity contribution < 1.29 is 4.79 Å². The Bertz CT molecular complexity index is 421. The molecule has 1 aromatic heterocycles. The van der Waals surface area contributed by atoms with Gasteiger partial charge in [-0.05, 0) is 25.3 Å². The second kappa shape index (κ2) is 5.71. The summed E-state index contributed by atoms with van der Waals surface area (Å²) < 4.78 is 0. The summed E-state index contributed by atoms with van der Waals surface area (Å²) in [4.78, 5) is 17.7. The van der Waals surface area contributed by atoms with Crippen molar-refractivity contribution >= 4 is 17.3 Å². The molecule has 98 valence electrons. The summed E-state index contributed by atoms with van der Waals surface area (Å²) in [6.07, 6.45) is 6.49. The fraction of sp³-hybridized carbons (Fsp3) is 0.538. The molecule has 5 nitrogen and oxygen atoms in total. The Morgan fingerprint density at radius 2 is 2.44 bits per heavy atom. The van der Waals surface area contributed by atoms with Gasteiger partial charge in [-0.3, -0.25) is 9.78 Å². The molecule has 0 bridgehead atoms. The van der Waals surface area contributed by atoms with E-state index in [-0.39, 0.29) is 11.9 Å². The minimum absolute atomic E-state index is 0.187. The van der Waals surface area contributed by atoms with E-state index in [2.05, 4.69) is 17.2 Å². The van der Waals surface area contributed by atoms with Crippen molar-refractivity contribution in [1.29, 1.82) is 0 Å². The summed E-state index contributed by atoms with van der Waals surface area (Å²) in [6.45, 7) is 3.91. The SMILES string of the molecule is CCCNc1cncc(N2CCCC2C(N)=O)c1. The molecule has 1 unspecified atom stereocenters. The molecule has 0 saturated carbocycles. The highest BCUT2D eigenvalue weighted by Gasteiger charge is 2.29. The summed E-state index contributed by atoms with van der Waals surface area (Å²) in [7, 11) is 0. The van der Waals surface area contributed by atoms with Gasteiger partial charge in [0.05, 0.1) is 23.8 Å². The van der Waals surface area contributed by atoms with Crippen LogP contribution >= 0.6 is 0 Å². The number of carbonyl (C=O) groups excluding carboxylic acids is 1. The van der Waals surface area contributed by atoms with Crippen LogP contribution in [0.2, 0.25) is 0 Å². The van der Waals surface area contributed by atoms with Crippen molar-refractivity contribution in [2.45, 2.75) is 32.2 Å². The number of hydrogen-bond acceptors (Lipinski definition) is 4. The Morgan fingerprint density at radius 3 is 3.17 bits per heavy atom. The molecule has 1 atom stereocenters. The van der Waals surface area contributed by atoms with Crippen molar-refractivity contribution in [3.63, 3.8) is 0 Å². The zero-order valence-corrected chi connectivity index (χ0v) is 10.7. The van der Waals surface area contributed by atoms with E-state index in [1.165, 1.54) is 0 Å². The smallest absolute Gasteiger partial charge is 0.240 e. The summed E-state index contributed by atoms with van der Waals surface area (Å²) in [5.41, 5.74) is 7.39. The van der Waals surface area contributed by atoms with Gasteiger partial charge in [0.2, 0.25) is 5.91 Å². The second-order valence-electron chi connectivity index (χ2n) is 4.61. The predicted molar refractivity (Wildman–Crippen MR) is 72.6 cm³/mol. The highest BCUT2D eigenvalue weighted by Crippen LogP contribution is 2.26. The minimum Gasteiger partial charge on any atom is -0.384 e. The molecule has 0 aliphatic carbocycles. The Balaban J connectivity index is 2.14. The number of nitrogens with two attached hydrogens (primary N) is 1. The van der Waals surface area contributed by atoms with Crippen LogP contribution in [0.25, 0.3) is 0 Å². The van der Waals surface area contributed by atoms with Crippen LogP contribution < -0.4 is 16.0 Å². The normalized spacial score (nSPS) is 18.9. The molecule has 18 heavy (non-hydrogen) atoms. The molecule has 1 aliphatic heterocycles. The molecule has 1 aromatic rings. The van der Waals surface area contributed by atoms with Gasteiger partial charge in [-0.1, -0.05) is 6.92 Å². The molecule has 0 spiro atoms. The standard InChI is InChI=1S/C13H20N4O/c1-2-5-16-10-7-11(9-15-8-10)17-6-3-4-12(17)13(14)18/h7-9,12,16H,2-6H2,1H3,(H2,14,18). The first-order valence-electron chi connectivity index (χ1n) is 6.47. The van der Waals surface area contributed by atoms with E-state index < -0.39 is 0 Å². The van der Waals surface area contributed by atoms with Crippen LogP contribution in [0.5, 0.6) is 0 Å². The number of primary amides is 1. The number of amides is 1. The van der Waals surface area contributed by atoms with E-state index in [1.54, 1.807) is 12.4 Å². The number of carbonyl (C=O) groups is 1. The summed E-state index contributed by atoms with van der Waals surface area (Å²) in [5.74, 6) is -0.251. The van der Waals surface area contributed by atoms with Gasteiger partial charge in [0.15, 0.2) is 0 Å². The van der Waals surface area contributed by atoms with Gasteiger partial charge < -0.3 is 16.0 Å². The first-order chi connectivity index (χ1) is 8.72. The van der Waals surface area contributed by atoms with Crippen LogP contribution in [-0.2, 0) is 4.79 Å². The van der Waals surface area contributed by atoms with E-state index in [9.17, 15) is 4.79 Å². The van der Waals surface area contributed by atoms with Crippen LogP contribution in [-0.4, -0.2) is 30.0 Å². The molecular weight excluding hydrogens is 228 g/mol. The van der Waals surface area contributed by atoms with Gasteiger partial charge in [0, 0.05) is 13.1 Å². The highest BCUT2D eigenvalue weighted by atomic mass is 16.1. The first kappa shape index (κ1) is 12.7. The largest absolute Gasteiger partial charge is 0.384 e. The quantitative estimate of drug-likeness (QED) is 0.825. The van der Waals surface area contributed by atoms with Crippen molar-refractivity contribution in [2.75, 3.05) is 23.3 Å². The minimum atomic E-state index is -0.251. The molecule has 1 fully saturated rings. The van der Waals surface area contributed by atoms with Gasteiger partial charge in [0.25, 0.3) is 0 Å². The Hall–Kier alpha value is -1.78. The van der Waals surface area contributed by atoms with Crippen LogP contribution in [0.15, 0.2) is 18.5 Å². The summed E-state index contributed by atoms with van der Waals surface area (Å²) >= 11 is 0. The zero-order chi connectivity index (χ0) is 13.0. The third-order valence-corrected chi connectivity index (χ3v) is 3.22. The van der Waals surface area contributed by atoms with Crippen molar-refractivity contribution in [3.05, 3.63) is 18.5 Å². The lowest BCUT2D eigenvalue weighted by atomic mass is 10.2. The first-order valence-corrected chi connectivity index (χ1v) is 6.47. The summed E-state index contributed by atoms with van der Waals surface area (Å²) in [6, 6.07) is 1.84. The van der Waals surface area contributed by atoms with Crippen molar-refractivity contribution in [3.8, 4) is 0 Å². The van der Waals surface area contributed by atoms with Crippen molar-refractivity contribution in [1.82, 2.24) is 4.98 Å². The second-order valence-corrected chi connectivity index (χ2v) is 4.61. The molecule has 2 rings (SSSR count). The van der Waals surface area contributed by atoms with Gasteiger partial charge in [0.1, 0.15) is 6.04 Å². The maximum Gasteiger partial charge on any atom is 0.240 e. The fourth-order valence-corrected chi connectivity index (χ4v) is 2.32. The van der Waals surface area contributed by atoms with Crippen LogP contribution in [0.1, 0.15) is 26.2 Å². The van der Waals surface area contributed by atoms with Gasteiger partial charge >= 0.3 is 0 Å². The zero-order valence-electron chi connectivity index (χ0n) is 10.7. The number of hydrogen-bond donors (Lipinski definition) is 2. The molecule has 1 saturated heterocycles. The fourth-order valence-electron chi connectivity index (χ4n) is 2.32. The van der Waals surface area contributed by atoms with E-state index in [0.29, 0.717) is 0 Å². The number of anilines is 2. The van der Waals surface area contributed by atoms with E-state index in [4.69, 9.17) is 5.73 Å². The van der Waals surface area contributed by atoms with E-state index >= 15 is 0 Å². The van der Waals surface area contributed by atoms with Gasteiger partial charge in [-0.25, -0.2) is 0 Å². The molecule has 0 radical (unpaired) electrons. The number of nitrogens with zero attached hydrogens (tertiary/aromatic N) is 2. The molecule has 1 amide bonds. The molecule has 1 aliphatic rings. The molecule has 2 heterocycles. The maximum atomic E-state index is 11.4. The monoisotopic (exact) mass is 248 g/mol. The molecular formula is C13H20N4O. The third-order valence-electron chi connectivity index (χ3n) is 3.22. The lowest BCUT2D eigenvalue weighted by Gasteiger charge is -2.24. The van der Waals surface area contributed by atoms with E-state index in [0.717, 1.165) is 43.7 Å². The number of nitrogens with one attached hydrogen (secondary N) is 1. The topological polar surface area (TPSA) is 71.2 Å². The van der Waals surface area contributed by atoms with Crippen LogP contribution in [0.3, 0.4) is 0 Å².